The second-order valence-corrected chi connectivity index (χ2v) is 10.0. The fourth-order valence-electron chi connectivity index (χ4n) is 5.09. The van der Waals surface area contributed by atoms with Gasteiger partial charge in [0.1, 0.15) is 5.92 Å². The van der Waals surface area contributed by atoms with Gasteiger partial charge in [0.25, 0.3) is 0 Å². The number of Topliss-reactive ketones (excluding diaryl/α,β-unsaturated/α-hetero) is 1. The molecule has 0 fully saturated rings. The van der Waals surface area contributed by atoms with Gasteiger partial charge < -0.3 is 5.32 Å². The molecule has 0 saturated carbocycles. The van der Waals surface area contributed by atoms with Crippen molar-refractivity contribution in [1.82, 2.24) is 5.32 Å². The molecule has 210 valence electrons. The summed E-state index contributed by atoms with van der Waals surface area (Å²) in [5, 5.41) is 12.5. The molecule has 0 bridgehead atoms. The molecule has 0 spiro atoms. The molecule has 0 aromatic heterocycles. The Hall–Kier alpha value is -4.42. The highest BCUT2D eigenvalue weighted by Gasteiger charge is 2.47. The van der Waals surface area contributed by atoms with E-state index in [4.69, 9.17) is 11.6 Å². The first-order chi connectivity index (χ1) is 19.4. The molecular formula is C31H25ClF3N3O3. The zero-order valence-electron chi connectivity index (χ0n) is 22.1. The van der Waals surface area contributed by atoms with Crippen molar-refractivity contribution >= 4 is 34.9 Å². The van der Waals surface area contributed by atoms with Gasteiger partial charge >= 0.3 is 6.18 Å². The lowest BCUT2D eigenvalue weighted by atomic mass is 9.74. The van der Waals surface area contributed by atoms with Gasteiger partial charge in [0.2, 0.25) is 11.8 Å². The summed E-state index contributed by atoms with van der Waals surface area (Å²) < 4.78 is 40.6. The van der Waals surface area contributed by atoms with Crippen LogP contribution in [0.4, 0.5) is 18.9 Å². The fraction of sp³-hybridized carbons (Fsp3) is 0.226. The number of carbonyl (C=O) groups excluding carboxylic acids is 3. The van der Waals surface area contributed by atoms with Crippen molar-refractivity contribution in [3.63, 3.8) is 0 Å². The van der Waals surface area contributed by atoms with E-state index in [-0.39, 0.29) is 23.5 Å². The minimum Gasteiger partial charge on any atom is -0.355 e. The van der Waals surface area contributed by atoms with Crippen molar-refractivity contribution in [2.75, 3.05) is 11.4 Å². The molecule has 3 aromatic carbocycles. The van der Waals surface area contributed by atoms with Gasteiger partial charge in [-0.25, -0.2) is 0 Å². The molecule has 10 heteroatoms. The number of nitrogens with zero attached hydrogens (tertiary/aromatic N) is 2. The number of ketones is 1. The fourth-order valence-corrected chi connectivity index (χ4v) is 5.32. The summed E-state index contributed by atoms with van der Waals surface area (Å²) in [6, 6.07) is 19.4. The van der Waals surface area contributed by atoms with Crippen molar-refractivity contribution in [3.8, 4) is 6.07 Å². The largest absolute Gasteiger partial charge is 0.416 e. The van der Waals surface area contributed by atoms with Gasteiger partial charge in [-0.1, -0.05) is 48.0 Å². The molecule has 0 radical (unpaired) electrons. The molecule has 6 nitrogen and oxygen atoms in total. The third-order valence-corrected chi connectivity index (χ3v) is 7.37. The maximum absolute atomic E-state index is 14.1. The van der Waals surface area contributed by atoms with Gasteiger partial charge in [-0.15, -0.1) is 0 Å². The summed E-state index contributed by atoms with van der Waals surface area (Å²) >= 11 is 6.22. The van der Waals surface area contributed by atoms with Crippen molar-refractivity contribution in [2.45, 2.75) is 32.4 Å². The van der Waals surface area contributed by atoms with Crippen molar-refractivity contribution in [3.05, 3.63) is 111 Å². The minimum absolute atomic E-state index is 0.109. The molecule has 3 aromatic rings. The van der Waals surface area contributed by atoms with Crippen LogP contribution in [0.1, 0.15) is 42.0 Å². The van der Waals surface area contributed by atoms with Gasteiger partial charge in [0.15, 0.2) is 5.78 Å². The third kappa shape index (κ3) is 6.18. The standard InChI is InChI=1S/C31H25ClF3N3O3/c1-18-26(19(2)39)27(22-12-10-20(17-36)11-13-22)28(29(40)37-15-14-21-6-3-4-9-25(21)32)30(41)38(18)24-8-5-7-23(16-24)31(33,34)35/h3-13,16,27-28H,14-15H2,1-2H3,(H,37,40). The maximum atomic E-state index is 14.1. The van der Waals surface area contributed by atoms with Gasteiger partial charge in [-0.05, 0) is 67.8 Å². The molecule has 0 saturated heterocycles. The predicted octanol–water partition coefficient (Wildman–Crippen LogP) is 6.20. The normalized spacial score (nSPS) is 17.3. The Morgan fingerprint density at radius 3 is 2.34 bits per heavy atom. The minimum atomic E-state index is -4.67. The summed E-state index contributed by atoms with van der Waals surface area (Å²) in [7, 11) is 0. The number of hydrogen-bond donors (Lipinski definition) is 1. The number of allylic oxidation sites excluding steroid dienone is 2. The Kier molecular flexibility index (Phi) is 8.64. The summed E-state index contributed by atoms with van der Waals surface area (Å²) in [5.41, 5.74) is 0.695. The molecular weight excluding hydrogens is 555 g/mol. The first-order valence-corrected chi connectivity index (χ1v) is 13.1. The second kappa shape index (κ2) is 12.0. The third-order valence-electron chi connectivity index (χ3n) is 7.00. The van der Waals surface area contributed by atoms with Crippen LogP contribution in [0.5, 0.6) is 0 Å². The molecule has 1 heterocycles. The van der Waals surface area contributed by atoms with Crippen LogP contribution in [0.15, 0.2) is 84.1 Å². The number of amides is 2. The highest BCUT2D eigenvalue weighted by molar-refractivity contribution is 6.31. The van der Waals surface area contributed by atoms with Crippen molar-refractivity contribution in [1.29, 1.82) is 5.26 Å². The number of carbonyl (C=O) groups is 3. The number of halogens is 4. The van der Waals surface area contributed by atoms with Gasteiger partial charge in [-0.3, -0.25) is 19.3 Å². The van der Waals surface area contributed by atoms with Gasteiger partial charge in [0.05, 0.1) is 17.2 Å². The highest BCUT2D eigenvalue weighted by Crippen LogP contribution is 2.43. The van der Waals surface area contributed by atoms with Crippen LogP contribution in [0.2, 0.25) is 5.02 Å². The number of benzene rings is 3. The van der Waals surface area contributed by atoms with Crippen LogP contribution in [-0.4, -0.2) is 24.1 Å². The van der Waals surface area contributed by atoms with Gasteiger partial charge in [-0.2, -0.15) is 18.4 Å². The molecule has 4 rings (SSSR count). The summed E-state index contributed by atoms with van der Waals surface area (Å²) in [4.78, 5) is 41.8. The first-order valence-electron chi connectivity index (χ1n) is 12.7. The summed E-state index contributed by atoms with van der Waals surface area (Å²) in [6.07, 6.45) is -4.31. The number of hydrogen-bond acceptors (Lipinski definition) is 4. The lowest BCUT2D eigenvalue weighted by Crippen LogP contribution is -2.51. The van der Waals surface area contributed by atoms with E-state index < -0.39 is 41.2 Å². The highest BCUT2D eigenvalue weighted by atomic mass is 35.5. The lowest BCUT2D eigenvalue weighted by molar-refractivity contribution is -0.138. The van der Waals surface area contributed by atoms with Gasteiger partial charge in [0, 0.05) is 34.4 Å². The number of anilines is 1. The van der Waals surface area contributed by atoms with Crippen molar-refractivity contribution < 1.29 is 27.6 Å². The average molecular weight is 580 g/mol. The van der Waals surface area contributed by atoms with E-state index in [9.17, 15) is 32.8 Å². The Morgan fingerprint density at radius 1 is 1.05 bits per heavy atom. The van der Waals surface area contributed by atoms with Crippen molar-refractivity contribution in [2.24, 2.45) is 5.92 Å². The van der Waals surface area contributed by atoms with E-state index >= 15 is 0 Å². The van der Waals surface area contributed by atoms with E-state index in [2.05, 4.69) is 5.32 Å². The quantitative estimate of drug-likeness (QED) is 0.338. The molecule has 1 aliphatic rings. The second-order valence-electron chi connectivity index (χ2n) is 9.60. The molecule has 41 heavy (non-hydrogen) atoms. The molecule has 1 N–H and O–H groups in total. The van der Waals surface area contributed by atoms with Crippen LogP contribution < -0.4 is 10.2 Å². The Labute approximate surface area is 240 Å². The molecule has 2 atom stereocenters. The molecule has 0 aliphatic carbocycles. The summed E-state index contributed by atoms with van der Waals surface area (Å²) in [5.74, 6) is -4.44. The molecule has 1 aliphatic heterocycles. The number of nitrogens with one attached hydrogen (secondary N) is 1. The molecule has 2 unspecified atom stereocenters. The average Bonchev–Trinajstić information content (AvgIpc) is 2.93. The maximum Gasteiger partial charge on any atom is 0.416 e. The smallest absolute Gasteiger partial charge is 0.355 e. The van der Waals surface area contributed by atoms with E-state index in [1.54, 1.807) is 36.4 Å². The van der Waals surface area contributed by atoms with E-state index in [0.29, 0.717) is 22.6 Å². The van der Waals surface area contributed by atoms with Crippen LogP contribution in [-0.2, 0) is 27.0 Å². The van der Waals surface area contributed by atoms with E-state index in [1.807, 2.05) is 6.07 Å². The van der Waals surface area contributed by atoms with Crippen LogP contribution >= 0.6 is 11.6 Å². The SMILES string of the molecule is CC(=O)C1=C(C)N(c2cccc(C(F)(F)F)c2)C(=O)C(C(=O)NCCc2ccccc2Cl)C1c1ccc(C#N)cc1. The zero-order chi connectivity index (χ0) is 29.9. The topological polar surface area (TPSA) is 90.3 Å². The number of nitriles is 1. The number of alkyl halides is 3. The number of rotatable bonds is 7. The van der Waals surface area contributed by atoms with E-state index in [1.165, 1.54) is 32.0 Å². The summed E-state index contributed by atoms with van der Waals surface area (Å²) in [6.45, 7) is 2.87. The Morgan fingerprint density at radius 2 is 1.73 bits per heavy atom. The van der Waals surface area contributed by atoms with Crippen LogP contribution in [0.3, 0.4) is 0 Å². The monoisotopic (exact) mass is 579 g/mol. The van der Waals surface area contributed by atoms with Crippen LogP contribution in [0, 0.1) is 17.2 Å². The van der Waals surface area contributed by atoms with Crippen LogP contribution in [0.25, 0.3) is 0 Å². The predicted molar refractivity (Wildman–Crippen MR) is 148 cm³/mol. The Bertz CT molecular complexity index is 1580. The Balaban J connectivity index is 1.81. The first kappa shape index (κ1) is 29.6. The van der Waals surface area contributed by atoms with E-state index in [0.717, 1.165) is 28.7 Å². The zero-order valence-corrected chi connectivity index (χ0v) is 22.9. The molecule has 2 amide bonds. The lowest BCUT2D eigenvalue weighted by Gasteiger charge is -2.39.